The molecule has 0 saturated carbocycles. The molecule has 2 aromatic heterocycles. The summed E-state index contributed by atoms with van der Waals surface area (Å²) >= 11 is 13.2. The second-order valence-corrected chi connectivity index (χ2v) is 7.62. The van der Waals surface area contributed by atoms with Gasteiger partial charge in [-0.1, -0.05) is 65.3 Å². The molecule has 0 aliphatic heterocycles. The average Bonchev–Trinajstić information content (AvgIpc) is 2.98. The average molecular weight is 408 g/mol. The fourth-order valence-electron chi connectivity index (χ4n) is 2.19. The number of anilines is 1. The third kappa shape index (κ3) is 4.17. The first kappa shape index (κ1) is 18.7. The molecule has 1 aromatic carbocycles. The number of benzene rings is 1. The Kier molecular flexibility index (Phi) is 5.80. The summed E-state index contributed by atoms with van der Waals surface area (Å²) in [7, 11) is 1.87. The number of amides is 1. The van der Waals surface area contributed by atoms with Crippen LogP contribution in [0.1, 0.15) is 6.92 Å². The molecule has 0 aliphatic carbocycles. The van der Waals surface area contributed by atoms with E-state index in [2.05, 4.69) is 20.5 Å². The maximum atomic E-state index is 12.4. The number of halogens is 2. The number of pyridine rings is 1. The third-order valence-electron chi connectivity index (χ3n) is 3.57. The van der Waals surface area contributed by atoms with Crippen LogP contribution in [0.4, 0.5) is 5.82 Å². The van der Waals surface area contributed by atoms with Crippen molar-refractivity contribution in [3.63, 3.8) is 0 Å². The normalized spacial score (nSPS) is 12.0. The van der Waals surface area contributed by atoms with Crippen molar-refractivity contribution in [2.45, 2.75) is 17.3 Å². The van der Waals surface area contributed by atoms with Crippen LogP contribution in [0.3, 0.4) is 0 Å². The first-order valence-corrected chi connectivity index (χ1v) is 9.32. The van der Waals surface area contributed by atoms with Crippen molar-refractivity contribution in [1.82, 2.24) is 19.7 Å². The zero-order valence-electron chi connectivity index (χ0n) is 14.0. The van der Waals surface area contributed by atoms with Crippen LogP contribution in [0.15, 0.2) is 47.8 Å². The fraction of sp³-hybridized carbons (Fsp3) is 0.176. The van der Waals surface area contributed by atoms with Gasteiger partial charge in [0.05, 0.1) is 15.3 Å². The topological polar surface area (TPSA) is 72.7 Å². The predicted molar refractivity (Wildman–Crippen MR) is 105 cm³/mol. The lowest BCUT2D eigenvalue weighted by atomic mass is 10.2. The van der Waals surface area contributed by atoms with E-state index in [1.165, 1.54) is 24.0 Å². The zero-order chi connectivity index (χ0) is 18.7. The monoisotopic (exact) mass is 407 g/mol. The molecule has 1 N–H and O–H groups in total. The van der Waals surface area contributed by atoms with Gasteiger partial charge in [-0.05, 0) is 13.0 Å². The Labute approximate surface area is 164 Å². The van der Waals surface area contributed by atoms with Crippen LogP contribution in [0.2, 0.25) is 10.0 Å². The van der Waals surface area contributed by atoms with Crippen LogP contribution in [-0.4, -0.2) is 30.9 Å². The third-order valence-corrected chi connectivity index (χ3v) is 5.20. The van der Waals surface area contributed by atoms with Crippen LogP contribution >= 0.6 is 35.0 Å². The van der Waals surface area contributed by atoms with Crippen molar-refractivity contribution in [2.75, 3.05) is 5.32 Å². The summed E-state index contributed by atoms with van der Waals surface area (Å²) in [6, 6.07) is 11.3. The van der Waals surface area contributed by atoms with E-state index >= 15 is 0 Å². The summed E-state index contributed by atoms with van der Waals surface area (Å²) in [6.07, 6.45) is 1.43. The van der Waals surface area contributed by atoms with Crippen molar-refractivity contribution in [2.24, 2.45) is 7.05 Å². The van der Waals surface area contributed by atoms with Gasteiger partial charge in [-0.25, -0.2) is 4.98 Å². The van der Waals surface area contributed by atoms with Crippen molar-refractivity contribution >= 4 is 46.7 Å². The van der Waals surface area contributed by atoms with E-state index in [0.717, 1.165) is 11.4 Å². The lowest BCUT2D eigenvalue weighted by molar-refractivity contribution is -0.115. The van der Waals surface area contributed by atoms with Crippen LogP contribution in [0.25, 0.3) is 11.4 Å². The van der Waals surface area contributed by atoms with Crippen molar-refractivity contribution in [3.8, 4) is 11.4 Å². The first-order valence-electron chi connectivity index (χ1n) is 7.69. The molecule has 1 amide bonds. The second kappa shape index (κ2) is 8.07. The summed E-state index contributed by atoms with van der Waals surface area (Å²) in [4.78, 5) is 16.5. The highest BCUT2D eigenvalue weighted by Crippen LogP contribution is 2.27. The van der Waals surface area contributed by atoms with Gasteiger partial charge in [0, 0.05) is 18.8 Å². The summed E-state index contributed by atoms with van der Waals surface area (Å²) in [5, 5.41) is 12.0. The van der Waals surface area contributed by atoms with Gasteiger partial charge < -0.3 is 9.88 Å². The van der Waals surface area contributed by atoms with Gasteiger partial charge in [0.1, 0.15) is 0 Å². The maximum absolute atomic E-state index is 12.4. The number of nitrogens with one attached hydrogen (secondary N) is 1. The molecule has 1 unspecified atom stereocenters. The minimum Gasteiger partial charge on any atom is -0.308 e. The van der Waals surface area contributed by atoms with Gasteiger partial charge >= 0.3 is 0 Å². The maximum Gasteiger partial charge on any atom is 0.238 e. The number of aromatic nitrogens is 4. The quantitative estimate of drug-likeness (QED) is 0.638. The first-order chi connectivity index (χ1) is 12.5. The number of carbonyl (C=O) groups is 1. The summed E-state index contributed by atoms with van der Waals surface area (Å²) in [6.45, 7) is 1.78. The van der Waals surface area contributed by atoms with E-state index < -0.39 is 5.25 Å². The Morgan fingerprint density at radius 1 is 1.23 bits per heavy atom. The summed E-state index contributed by atoms with van der Waals surface area (Å²) < 4.78 is 1.86. The van der Waals surface area contributed by atoms with Crippen molar-refractivity contribution in [3.05, 3.63) is 52.6 Å². The van der Waals surface area contributed by atoms with Crippen molar-refractivity contribution < 1.29 is 4.79 Å². The molecule has 0 bridgehead atoms. The number of hydrogen-bond donors (Lipinski definition) is 1. The highest BCUT2D eigenvalue weighted by molar-refractivity contribution is 8.00. The Bertz CT molecular complexity index is 932. The molecule has 3 rings (SSSR count). The van der Waals surface area contributed by atoms with E-state index in [9.17, 15) is 4.79 Å². The van der Waals surface area contributed by atoms with Gasteiger partial charge in [-0.15, -0.1) is 10.2 Å². The Morgan fingerprint density at radius 3 is 2.65 bits per heavy atom. The number of nitrogens with zero attached hydrogens (tertiary/aromatic N) is 4. The standard InChI is InChI=1S/C17H15Cl2N5OS/c1-10(16(25)21-14-13(19)8-12(18)9-20-14)26-17-23-22-15(24(17)2)11-6-4-3-5-7-11/h3-10H,1-2H3,(H,20,21,25). The highest BCUT2D eigenvalue weighted by atomic mass is 35.5. The SMILES string of the molecule is CC(Sc1nnc(-c2ccccc2)n1C)C(=O)Nc1ncc(Cl)cc1Cl. The van der Waals surface area contributed by atoms with Gasteiger partial charge in [0.15, 0.2) is 16.8 Å². The minimum atomic E-state index is -0.421. The van der Waals surface area contributed by atoms with Gasteiger partial charge in [-0.2, -0.15) is 0 Å². The number of carbonyl (C=O) groups excluding carboxylic acids is 1. The molecule has 6 nitrogen and oxygen atoms in total. The lowest BCUT2D eigenvalue weighted by Gasteiger charge is -2.12. The van der Waals surface area contributed by atoms with E-state index in [-0.39, 0.29) is 16.7 Å². The van der Waals surface area contributed by atoms with E-state index in [1.807, 2.05) is 41.9 Å². The molecular formula is C17H15Cl2N5OS. The molecule has 0 saturated heterocycles. The molecule has 1 atom stereocenters. The Hall–Kier alpha value is -2.09. The van der Waals surface area contributed by atoms with Crippen LogP contribution in [-0.2, 0) is 11.8 Å². The fourth-order valence-corrected chi connectivity index (χ4v) is 3.43. The molecule has 134 valence electrons. The van der Waals surface area contributed by atoms with Crippen LogP contribution in [0, 0.1) is 0 Å². The highest BCUT2D eigenvalue weighted by Gasteiger charge is 2.20. The Morgan fingerprint density at radius 2 is 1.96 bits per heavy atom. The lowest BCUT2D eigenvalue weighted by Crippen LogP contribution is -2.23. The molecule has 3 aromatic rings. The molecule has 9 heteroatoms. The molecule has 0 radical (unpaired) electrons. The Balaban J connectivity index is 1.71. The van der Waals surface area contributed by atoms with Gasteiger partial charge in [0.25, 0.3) is 0 Å². The van der Waals surface area contributed by atoms with E-state index in [1.54, 1.807) is 6.92 Å². The molecule has 26 heavy (non-hydrogen) atoms. The molecule has 0 aliphatic rings. The smallest absolute Gasteiger partial charge is 0.238 e. The minimum absolute atomic E-state index is 0.240. The second-order valence-electron chi connectivity index (χ2n) is 5.46. The van der Waals surface area contributed by atoms with Crippen LogP contribution < -0.4 is 5.32 Å². The van der Waals surface area contributed by atoms with Crippen molar-refractivity contribution in [1.29, 1.82) is 0 Å². The molecule has 0 fully saturated rings. The summed E-state index contributed by atoms with van der Waals surface area (Å²) in [5.41, 5.74) is 0.962. The summed E-state index contributed by atoms with van der Waals surface area (Å²) in [5.74, 6) is 0.774. The van der Waals surface area contributed by atoms with E-state index in [0.29, 0.717) is 10.2 Å². The number of thioether (sulfide) groups is 1. The molecular weight excluding hydrogens is 393 g/mol. The van der Waals surface area contributed by atoms with Gasteiger partial charge in [0.2, 0.25) is 5.91 Å². The molecule has 2 heterocycles. The number of hydrogen-bond acceptors (Lipinski definition) is 5. The zero-order valence-corrected chi connectivity index (χ0v) is 16.3. The van der Waals surface area contributed by atoms with Crippen LogP contribution in [0.5, 0.6) is 0 Å². The predicted octanol–water partition coefficient (Wildman–Crippen LogP) is 4.30. The van der Waals surface area contributed by atoms with Gasteiger partial charge in [-0.3, -0.25) is 4.79 Å². The molecule has 0 spiro atoms. The van der Waals surface area contributed by atoms with E-state index in [4.69, 9.17) is 23.2 Å². The number of rotatable bonds is 5. The largest absolute Gasteiger partial charge is 0.308 e.